The van der Waals surface area contributed by atoms with Crippen molar-refractivity contribution >= 4 is 26.0 Å². The van der Waals surface area contributed by atoms with Crippen LogP contribution in [0.5, 0.6) is 5.75 Å². The minimum Gasteiger partial charge on any atom is -0.490 e. The van der Waals surface area contributed by atoms with Crippen LogP contribution in [-0.4, -0.2) is 19.6 Å². The molecule has 0 spiro atoms. The van der Waals surface area contributed by atoms with Gasteiger partial charge in [0.1, 0.15) is 17.3 Å². The van der Waals surface area contributed by atoms with Gasteiger partial charge in [0.15, 0.2) is 0 Å². The normalized spacial score (nSPS) is 11.3. The number of benzene rings is 1. The van der Waals surface area contributed by atoms with Crippen LogP contribution < -0.4 is 15.4 Å². The van der Waals surface area contributed by atoms with Crippen molar-refractivity contribution in [2.24, 2.45) is 5.14 Å². The van der Waals surface area contributed by atoms with Gasteiger partial charge in [0, 0.05) is 16.7 Å². The number of hydrogen-bond acceptors (Lipinski definition) is 4. The van der Waals surface area contributed by atoms with E-state index in [2.05, 4.69) is 15.9 Å². The summed E-state index contributed by atoms with van der Waals surface area (Å²) in [5.74, 6) is 0.157. The summed E-state index contributed by atoms with van der Waals surface area (Å²) < 4.78 is 30.5. The molecule has 0 fully saturated rings. The average Bonchev–Trinajstić information content (AvgIpc) is 2.41. The van der Waals surface area contributed by atoms with Gasteiger partial charge in [-0.25, -0.2) is 13.6 Å². The zero-order valence-corrected chi connectivity index (χ0v) is 13.3. The molecule has 0 bridgehead atoms. The fourth-order valence-electron chi connectivity index (χ4n) is 1.72. The summed E-state index contributed by atoms with van der Waals surface area (Å²) in [6, 6.07) is 9.36. The molecule has 0 amide bonds. The molecule has 21 heavy (non-hydrogen) atoms. The number of primary sulfonamides is 1. The molecule has 2 rings (SSSR count). The largest absolute Gasteiger partial charge is 0.490 e. The Balaban J connectivity index is 2.14. The van der Waals surface area contributed by atoms with Crippen LogP contribution >= 0.6 is 15.9 Å². The van der Waals surface area contributed by atoms with Gasteiger partial charge >= 0.3 is 0 Å². The number of halogens is 1. The molecule has 0 radical (unpaired) electrons. The van der Waals surface area contributed by atoms with Gasteiger partial charge in [0.05, 0.1) is 6.54 Å². The van der Waals surface area contributed by atoms with Gasteiger partial charge in [-0.15, -0.1) is 0 Å². The Kier molecular flexibility index (Phi) is 4.81. The number of ether oxygens (including phenoxy) is 1. The maximum Gasteiger partial charge on any atom is 0.250 e. The van der Waals surface area contributed by atoms with E-state index in [4.69, 9.17) is 9.88 Å². The SMILES string of the molecule is NS(=O)(=O)c1cc(Br)ccc1OCCn1ccccc1=O. The molecule has 112 valence electrons. The summed E-state index contributed by atoms with van der Waals surface area (Å²) in [4.78, 5) is 11.4. The molecule has 0 aliphatic heterocycles. The number of nitrogens with two attached hydrogens (primary N) is 1. The summed E-state index contributed by atoms with van der Waals surface area (Å²) in [6.07, 6.45) is 1.63. The first-order valence-corrected chi connectivity index (χ1v) is 8.32. The molecule has 0 saturated carbocycles. The topological polar surface area (TPSA) is 91.4 Å². The average molecular weight is 373 g/mol. The fraction of sp³-hybridized carbons (Fsp3) is 0.154. The Morgan fingerprint density at radius 2 is 2.00 bits per heavy atom. The summed E-state index contributed by atoms with van der Waals surface area (Å²) in [6.45, 7) is 0.452. The van der Waals surface area contributed by atoms with Crippen molar-refractivity contribution < 1.29 is 13.2 Å². The third-order valence-corrected chi connectivity index (χ3v) is 4.13. The molecule has 0 aliphatic rings. The first kappa shape index (κ1) is 15.7. The van der Waals surface area contributed by atoms with Crippen LogP contribution in [0.4, 0.5) is 0 Å². The first-order valence-electron chi connectivity index (χ1n) is 5.98. The van der Waals surface area contributed by atoms with E-state index in [1.807, 2.05) is 0 Å². The van der Waals surface area contributed by atoms with Gasteiger partial charge in [-0.2, -0.15) is 0 Å². The van der Waals surface area contributed by atoms with E-state index >= 15 is 0 Å². The lowest BCUT2D eigenvalue weighted by Crippen LogP contribution is -2.22. The highest BCUT2D eigenvalue weighted by Gasteiger charge is 2.15. The molecule has 1 heterocycles. The van der Waals surface area contributed by atoms with E-state index in [0.717, 1.165) is 0 Å². The number of hydrogen-bond donors (Lipinski definition) is 1. The van der Waals surface area contributed by atoms with E-state index in [-0.39, 0.29) is 22.8 Å². The smallest absolute Gasteiger partial charge is 0.250 e. The Bertz CT molecular complexity index is 802. The molecule has 2 aromatic rings. The van der Waals surface area contributed by atoms with Gasteiger partial charge in [-0.1, -0.05) is 22.0 Å². The molecule has 0 aliphatic carbocycles. The van der Waals surface area contributed by atoms with E-state index in [0.29, 0.717) is 11.0 Å². The molecule has 0 unspecified atom stereocenters. The standard InChI is InChI=1S/C13H13BrN2O4S/c14-10-4-5-11(12(9-10)21(15,18)19)20-8-7-16-6-2-1-3-13(16)17/h1-6,9H,7-8H2,(H2,15,18,19). The maximum absolute atomic E-state index is 11.5. The number of sulfonamides is 1. The molecule has 1 aromatic carbocycles. The van der Waals surface area contributed by atoms with Gasteiger partial charge in [0.25, 0.3) is 5.56 Å². The Labute approximate surface area is 130 Å². The van der Waals surface area contributed by atoms with Crippen LogP contribution in [0.25, 0.3) is 0 Å². The van der Waals surface area contributed by atoms with Crippen molar-refractivity contribution in [1.82, 2.24) is 4.57 Å². The molecule has 8 heteroatoms. The second kappa shape index (κ2) is 6.42. The molecular formula is C13H13BrN2O4S. The molecular weight excluding hydrogens is 360 g/mol. The van der Waals surface area contributed by atoms with Crippen LogP contribution in [0.1, 0.15) is 0 Å². The van der Waals surface area contributed by atoms with E-state index in [1.165, 1.54) is 22.8 Å². The highest BCUT2D eigenvalue weighted by Crippen LogP contribution is 2.26. The van der Waals surface area contributed by atoms with Crippen LogP contribution in [0.2, 0.25) is 0 Å². The van der Waals surface area contributed by atoms with Gasteiger partial charge in [0.2, 0.25) is 10.0 Å². The summed E-state index contributed by atoms with van der Waals surface area (Å²) in [7, 11) is -3.88. The fourth-order valence-corrected chi connectivity index (χ4v) is 2.93. The van der Waals surface area contributed by atoms with Crippen molar-refractivity contribution in [3.63, 3.8) is 0 Å². The quantitative estimate of drug-likeness (QED) is 0.856. The van der Waals surface area contributed by atoms with Crippen LogP contribution in [0.3, 0.4) is 0 Å². The van der Waals surface area contributed by atoms with Crippen molar-refractivity contribution in [1.29, 1.82) is 0 Å². The first-order chi connectivity index (χ1) is 9.88. The van der Waals surface area contributed by atoms with Crippen molar-refractivity contribution in [3.8, 4) is 5.75 Å². The van der Waals surface area contributed by atoms with Gasteiger partial charge in [-0.05, 0) is 24.3 Å². The van der Waals surface area contributed by atoms with Gasteiger partial charge < -0.3 is 9.30 Å². The third kappa shape index (κ3) is 4.16. The highest BCUT2D eigenvalue weighted by molar-refractivity contribution is 9.10. The van der Waals surface area contributed by atoms with E-state index in [1.54, 1.807) is 24.4 Å². The minimum atomic E-state index is -3.88. The molecule has 0 atom stereocenters. The number of rotatable bonds is 5. The number of nitrogens with zero attached hydrogens (tertiary/aromatic N) is 1. The van der Waals surface area contributed by atoms with E-state index < -0.39 is 10.0 Å². The predicted molar refractivity (Wildman–Crippen MR) is 81.7 cm³/mol. The summed E-state index contributed by atoms with van der Waals surface area (Å²) >= 11 is 3.18. The monoisotopic (exact) mass is 372 g/mol. The summed E-state index contributed by atoms with van der Waals surface area (Å²) in [5.41, 5.74) is -0.149. The summed E-state index contributed by atoms with van der Waals surface area (Å²) in [5, 5.41) is 5.15. The number of aromatic nitrogens is 1. The number of pyridine rings is 1. The second-order valence-corrected chi connectivity index (χ2v) is 6.66. The Morgan fingerprint density at radius 3 is 2.67 bits per heavy atom. The molecule has 0 saturated heterocycles. The Hall–Kier alpha value is -1.64. The third-order valence-electron chi connectivity index (χ3n) is 2.70. The zero-order chi connectivity index (χ0) is 15.5. The van der Waals surface area contributed by atoms with Crippen molar-refractivity contribution in [2.45, 2.75) is 11.4 Å². The lowest BCUT2D eigenvalue weighted by Gasteiger charge is -2.11. The van der Waals surface area contributed by atoms with Crippen LogP contribution in [-0.2, 0) is 16.6 Å². The van der Waals surface area contributed by atoms with E-state index in [9.17, 15) is 13.2 Å². The molecule has 6 nitrogen and oxygen atoms in total. The zero-order valence-electron chi connectivity index (χ0n) is 10.9. The lowest BCUT2D eigenvalue weighted by atomic mass is 10.3. The predicted octanol–water partition coefficient (Wildman–Crippen LogP) is 1.34. The van der Waals surface area contributed by atoms with Crippen molar-refractivity contribution in [2.75, 3.05) is 6.61 Å². The maximum atomic E-state index is 11.5. The van der Waals surface area contributed by atoms with Crippen LogP contribution in [0, 0.1) is 0 Å². The van der Waals surface area contributed by atoms with Crippen LogP contribution in [0.15, 0.2) is 56.8 Å². The van der Waals surface area contributed by atoms with Crippen molar-refractivity contribution in [3.05, 3.63) is 57.4 Å². The highest BCUT2D eigenvalue weighted by atomic mass is 79.9. The Morgan fingerprint density at radius 1 is 1.24 bits per heavy atom. The molecule has 2 N–H and O–H groups in total. The van der Waals surface area contributed by atoms with Gasteiger partial charge in [-0.3, -0.25) is 4.79 Å². The molecule has 1 aromatic heterocycles. The lowest BCUT2D eigenvalue weighted by molar-refractivity contribution is 0.289. The second-order valence-electron chi connectivity index (χ2n) is 4.22. The minimum absolute atomic E-state index is 0.0997.